The van der Waals surface area contributed by atoms with Crippen LogP contribution in [0.15, 0.2) is 34.9 Å². The van der Waals surface area contributed by atoms with Crippen molar-refractivity contribution in [2.75, 3.05) is 5.32 Å². The molecule has 2 heterocycles. The van der Waals surface area contributed by atoms with Gasteiger partial charge in [-0.05, 0) is 46.5 Å². The van der Waals surface area contributed by atoms with Crippen molar-refractivity contribution in [3.05, 3.63) is 61.9 Å². The molecule has 0 bridgehead atoms. The molecule has 1 N–H and O–H groups in total. The topological polar surface area (TPSA) is 64.7 Å². The summed E-state index contributed by atoms with van der Waals surface area (Å²) in [5.41, 5.74) is 0.269. The molecule has 1 amide bonds. The van der Waals surface area contributed by atoms with Gasteiger partial charge < -0.3 is 5.32 Å². The second kappa shape index (κ2) is 8.48. The summed E-state index contributed by atoms with van der Waals surface area (Å²) in [6, 6.07) is 7.17. The fourth-order valence-electron chi connectivity index (χ4n) is 3.15. The van der Waals surface area contributed by atoms with Gasteiger partial charge in [0.05, 0.1) is 16.7 Å². The van der Waals surface area contributed by atoms with E-state index in [1.807, 2.05) is 12.1 Å². The number of anilines is 1. The summed E-state index contributed by atoms with van der Waals surface area (Å²) >= 11 is 15.0. The van der Waals surface area contributed by atoms with E-state index in [1.165, 1.54) is 0 Å². The molecule has 0 unspecified atom stereocenters. The first kappa shape index (κ1) is 22.2. The third kappa shape index (κ3) is 5.07. The molecule has 6 nitrogen and oxygen atoms in total. The normalized spacial score (nSPS) is 14.1. The highest BCUT2D eigenvalue weighted by Crippen LogP contribution is 2.47. The molecule has 4 rings (SSSR count). The molecule has 0 saturated heterocycles. The average Bonchev–Trinajstić information content (AvgIpc) is 3.37. The van der Waals surface area contributed by atoms with Crippen molar-refractivity contribution in [2.45, 2.75) is 38.0 Å². The molecule has 12 heteroatoms. The van der Waals surface area contributed by atoms with E-state index in [1.54, 1.807) is 23.0 Å². The number of hydrogen-bond donors (Lipinski definition) is 1. The van der Waals surface area contributed by atoms with Crippen LogP contribution in [0.3, 0.4) is 0 Å². The first-order valence-corrected chi connectivity index (χ1v) is 10.8. The predicted molar refractivity (Wildman–Crippen MR) is 113 cm³/mol. The molecule has 0 spiro atoms. The van der Waals surface area contributed by atoms with E-state index in [4.69, 9.17) is 23.2 Å². The van der Waals surface area contributed by atoms with Gasteiger partial charge in [-0.3, -0.25) is 14.2 Å². The Hall–Kier alpha value is -2.04. The lowest BCUT2D eigenvalue weighted by Crippen LogP contribution is -2.22. The number of amides is 1. The van der Waals surface area contributed by atoms with Gasteiger partial charge in [-0.15, -0.1) is 0 Å². The van der Waals surface area contributed by atoms with Crippen molar-refractivity contribution in [3.63, 3.8) is 0 Å². The summed E-state index contributed by atoms with van der Waals surface area (Å²) in [7, 11) is 0. The highest BCUT2D eigenvalue weighted by atomic mass is 79.9. The van der Waals surface area contributed by atoms with Gasteiger partial charge in [0.25, 0.3) is 0 Å². The van der Waals surface area contributed by atoms with Crippen LogP contribution in [0.1, 0.15) is 35.7 Å². The van der Waals surface area contributed by atoms with Crippen LogP contribution in [0.2, 0.25) is 10.0 Å². The van der Waals surface area contributed by atoms with Crippen molar-refractivity contribution in [2.24, 2.45) is 0 Å². The number of carbonyl (C=O) groups excluding carboxylic acids is 1. The lowest BCUT2D eigenvalue weighted by molar-refractivity contribution is -0.142. The van der Waals surface area contributed by atoms with Crippen LogP contribution in [0, 0.1) is 0 Å². The van der Waals surface area contributed by atoms with Crippen molar-refractivity contribution in [3.8, 4) is 0 Å². The number of benzene rings is 1. The van der Waals surface area contributed by atoms with Crippen LogP contribution in [-0.2, 0) is 24.1 Å². The predicted octanol–water partition coefficient (Wildman–Crippen LogP) is 5.73. The molecule has 1 aliphatic carbocycles. The van der Waals surface area contributed by atoms with Gasteiger partial charge >= 0.3 is 6.18 Å². The Balaban J connectivity index is 1.48. The largest absolute Gasteiger partial charge is 0.436 e. The van der Waals surface area contributed by atoms with Crippen molar-refractivity contribution in [1.82, 2.24) is 19.6 Å². The molecule has 1 fully saturated rings. The van der Waals surface area contributed by atoms with Gasteiger partial charge in [-0.25, -0.2) is 0 Å². The lowest BCUT2D eigenvalue weighted by atomic mass is 10.2. The molecule has 0 radical (unpaired) electrons. The maximum absolute atomic E-state index is 13.2. The summed E-state index contributed by atoms with van der Waals surface area (Å²) in [5, 5.41) is 11.2. The minimum Gasteiger partial charge on any atom is -0.306 e. The molecular formula is C19H15BrCl2F3N5O. The summed E-state index contributed by atoms with van der Waals surface area (Å²) in [6.45, 7) is 0.0144. The Kier molecular flexibility index (Phi) is 6.06. The zero-order valence-corrected chi connectivity index (χ0v) is 18.9. The second-order valence-corrected chi connectivity index (χ2v) is 8.81. The van der Waals surface area contributed by atoms with Crippen LogP contribution in [0.4, 0.5) is 19.0 Å². The van der Waals surface area contributed by atoms with Crippen LogP contribution in [-0.4, -0.2) is 25.5 Å². The third-order valence-electron chi connectivity index (χ3n) is 4.69. The van der Waals surface area contributed by atoms with Crippen LogP contribution in [0.5, 0.6) is 0 Å². The Morgan fingerprint density at radius 3 is 2.48 bits per heavy atom. The SMILES string of the molecule is O=C(Cn1nc(C(F)(F)F)c(Br)c1C1CC1)Nc1nn(Cc2ccc(Cl)cc2)cc1Cl. The minimum absolute atomic E-state index is 0.0482. The Labute approximate surface area is 193 Å². The molecule has 1 aromatic carbocycles. The lowest BCUT2D eigenvalue weighted by Gasteiger charge is -2.07. The fraction of sp³-hybridized carbons (Fsp3) is 0.316. The zero-order valence-electron chi connectivity index (χ0n) is 15.8. The molecule has 31 heavy (non-hydrogen) atoms. The molecule has 1 aliphatic rings. The summed E-state index contributed by atoms with van der Waals surface area (Å²) in [6.07, 6.45) is -1.56. The van der Waals surface area contributed by atoms with Gasteiger partial charge in [0.1, 0.15) is 11.6 Å². The van der Waals surface area contributed by atoms with Crippen LogP contribution in [0.25, 0.3) is 0 Å². The number of hydrogen-bond acceptors (Lipinski definition) is 3. The van der Waals surface area contributed by atoms with Crippen molar-refractivity contribution < 1.29 is 18.0 Å². The zero-order chi connectivity index (χ0) is 22.3. The highest BCUT2D eigenvalue weighted by Gasteiger charge is 2.42. The third-order valence-corrected chi connectivity index (χ3v) is 6.00. The van der Waals surface area contributed by atoms with Gasteiger partial charge in [0.2, 0.25) is 5.91 Å². The molecule has 0 aliphatic heterocycles. The average molecular weight is 537 g/mol. The van der Waals surface area contributed by atoms with Gasteiger partial charge in [0.15, 0.2) is 11.5 Å². The number of carbonyl (C=O) groups is 1. The van der Waals surface area contributed by atoms with Crippen molar-refractivity contribution >= 4 is 50.9 Å². The summed E-state index contributed by atoms with van der Waals surface area (Å²) < 4.78 is 42.2. The van der Waals surface area contributed by atoms with Crippen LogP contribution >= 0.6 is 39.1 Å². The Morgan fingerprint density at radius 2 is 1.87 bits per heavy atom. The second-order valence-electron chi connectivity index (χ2n) is 7.18. The Bertz CT molecular complexity index is 1120. The van der Waals surface area contributed by atoms with E-state index in [-0.39, 0.29) is 27.8 Å². The van der Waals surface area contributed by atoms with Gasteiger partial charge in [0, 0.05) is 17.1 Å². The molecule has 1 saturated carbocycles. The summed E-state index contributed by atoms with van der Waals surface area (Å²) in [5.74, 6) is -0.506. The van der Waals surface area contributed by atoms with E-state index in [0.717, 1.165) is 23.1 Å². The maximum Gasteiger partial charge on any atom is 0.436 e. The Morgan fingerprint density at radius 1 is 1.19 bits per heavy atom. The summed E-state index contributed by atoms with van der Waals surface area (Å²) in [4.78, 5) is 12.5. The molecule has 164 valence electrons. The number of alkyl halides is 3. The van der Waals surface area contributed by atoms with Gasteiger partial charge in [-0.1, -0.05) is 35.3 Å². The van der Waals surface area contributed by atoms with Crippen molar-refractivity contribution in [1.29, 1.82) is 0 Å². The molecule has 3 aromatic rings. The van der Waals surface area contributed by atoms with Gasteiger partial charge in [-0.2, -0.15) is 23.4 Å². The first-order chi connectivity index (χ1) is 14.6. The standard InChI is InChI=1S/C19H15BrCl2F3N5O/c20-15-16(11-3-4-11)30(27-17(15)19(23,24)25)9-14(31)26-18-13(22)8-29(28-18)7-10-1-5-12(21)6-2-10/h1-2,5-6,8,11H,3-4,7,9H2,(H,26,28,31). The number of halogens is 6. The van der Waals surface area contributed by atoms with E-state index in [2.05, 4.69) is 31.4 Å². The van der Waals surface area contributed by atoms with E-state index >= 15 is 0 Å². The minimum atomic E-state index is -4.62. The van der Waals surface area contributed by atoms with E-state index < -0.39 is 17.8 Å². The fourth-order valence-corrected chi connectivity index (χ4v) is 4.30. The molecule has 2 aromatic heterocycles. The number of nitrogens with zero attached hydrogens (tertiary/aromatic N) is 4. The number of nitrogens with one attached hydrogen (secondary N) is 1. The van der Waals surface area contributed by atoms with E-state index in [0.29, 0.717) is 17.3 Å². The molecular weight excluding hydrogens is 522 g/mol. The molecule has 0 atom stereocenters. The number of aromatic nitrogens is 4. The number of rotatable bonds is 6. The van der Waals surface area contributed by atoms with Crippen LogP contribution < -0.4 is 5.32 Å². The monoisotopic (exact) mass is 535 g/mol. The van der Waals surface area contributed by atoms with E-state index in [9.17, 15) is 18.0 Å². The highest BCUT2D eigenvalue weighted by molar-refractivity contribution is 9.10. The smallest absolute Gasteiger partial charge is 0.306 e. The first-order valence-electron chi connectivity index (χ1n) is 9.22. The maximum atomic E-state index is 13.2. The quantitative estimate of drug-likeness (QED) is 0.437.